The van der Waals surface area contributed by atoms with E-state index in [4.69, 9.17) is 10.5 Å². The Balaban J connectivity index is 2.15. The second-order valence-corrected chi connectivity index (χ2v) is 7.73. The van der Waals surface area contributed by atoms with Gasteiger partial charge in [-0.25, -0.2) is 4.79 Å². The number of cyclic esters (lactones) is 1. The highest BCUT2D eigenvalue weighted by Gasteiger charge is 2.53. The average molecular weight is 400 g/mol. The number of allylic oxidation sites excluding steroid dienone is 1. The Labute approximate surface area is 168 Å². The van der Waals surface area contributed by atoms with Crippen molar-refractivity contribution in [3.8, 4) is 0 Å². The summed E-state index contributed by atoms with van der Waals surface area (Å²) in [5.41, 5.74) is 3.61. The number of unbranched alkanes of at least 4 members (excludes halogenated alkanes) is 7. The van der Waals surface area contributed by atoms with Gasteiger partial charge in [0.1, 0.15) is 24.1 Å². The van der Waals surface area contributed by atoms with Gasteiger partial charge in [-0.15, -0.1) is 0 Å². The van der Waals surface area contributed by atoms with E-state index in [-0.39, 0.29) is 0 Å². The third-order valence-electron chi connectivity index (χ3n) is 5.28. The van der Waals surface area contributed by atoms with Crippen LogP contribution in [0, 0.1) is 0 Å². The summed E-state index contributed by atoms with van der Waals surface area (Å²) < 4.78 is 5.04. The molecule has 1 aliphatic heterocycles. The zero-order valence-electron chi connectivity index (χ0n) is 17.0. The fourth-order valence-corrected chi connectivity index (χ4v) is 3.26. The number of aliphatic hydroxyl groups is 3. The van der Waals surface area contributed by atoms with Gasteiger partial charge in [-0.2, -0.15) is 0 Å². The third-order valence-corrected chi connectivity index (χ3v) is 5.28. The van der Waals surface area contributed by atoms with Crippen LogP contribution in [0.1, 0.15) is 77.6 Å². The van der Waals surface area contributed by atoms with Crippen LogP contribution in [0.15, 0.2) is 12.2 Å². The van der Waals surface area contributed by atoms with Crippen LogP contribution in [-0.2, 0) is 14.3 Å². The highest BCUT2D eigenvalue weighted by molar-refractivity contribution is 5.83. The molecule has 7 nitrogen and oxygen atoms in total. The Morgan fingerprint density at radius 3 is 2.32 bits per heavy atom. The van der Waals surface area contributed by atoms with E-state index in [2.05, 4.69) is 6.92 Å². The maximum Gasteiger partial charge on any atom is 0.332 e. The number of carbonyl (C=O) groups is 2. The molecule has 4 atom stereocenters. The first-order valence-electron chi connectivity index (χ1n) is 10.5. The fourth-order valence-electron chi connectivity index (χ4n) is 3.26. The average Bonchev–Trinajstić information content (AvgIpc) is 2.69. The van der Waals surface area contributed by atoms with Crippen molar-refractivity contribution in [1.82, 2.24) is 0 Å². The van der Waals surface area contributed by atoms with Crippen molar-refractivity contribution in [3.63, 3.8) is 0 Å². The number of hydrogen-bond acceptors (Lipinski definition) is 7. The summed E-state index contributed by atoms with van der Waals surface area (Å²) in [5, 5.41) is 29.2. The SMILES string of the molecule is CCCCCCC(=O)CCCCCC/C=C/C1OC(=O)C(N)(CO)C(O)C1O. The van der Waals surface area contributed by atoms with Gasteiger partial charge in [0.15, 0.2) is 5.54 Å². The number of carbonyl (C=O) groups excluding carboxylic acids is 2. The van der Waals surface area contributed by atoms with E-state index < -0.39 is 36.4 Å². The Morgan fingerprint density at radius 1 is 1.11 bits per heavy atom. The Bertz CT molecular complexity index is 509. The predicted molar refractivity (Wildman–Crippen MR) is 107 cm³/mol. The van der Waals surface area contributed by atoms with Gasteiger partial charge in [0, 0.05) is 12.8 Å². The Hall–Kier alpha value is -1.28. The summed E-state index contributed by atoms with van der Waals surface area (Å²) in [7, 11) is 0. The van der Waals surface area contributed by atoms with Crippen LogP contribution in [0.5, 0.6) is 0 Å². The lowest BCUT2D eigenvalue weighted by Crippen LogP contribution is -2.70. The topological polar surface area (TPSA) is 130 Å². The zero-order chi connectivity index (χ0) is 21.0. The minimum absolute atomic E-state index is 0.363. The quantitative estimate of drug-likeness (QED) is 0.199. The highest BCUT2D eigenvalue weighted by atomic mass is 16.6. The summed E-state index contributed by atoms with van der Waals surface area (Å²) in [4.78, 5) is 23.6. The first-order chi connectivity index (χ1) is 13.4. The van der Waals surface area contributed by atoms with E-state index in [1.54, 1.807) is 12.2 Å². The molecule has 0 saturated carbocycles. The molecule has 0 radical (unpaired) electrons. The molecule has 0 aromatic carbocycles. The van der Waals surface area contributed by atoms with E-state index >= 15 is 0 Å². The summed E-state index contributed by atoms with van der Waals surface area (Å²) >= 11 is 0. The molecule has 1 saturated heterocycles. The second kappa shape index (κ2) is 13.0. The number of rotatable bonds is 14. The first kappa shape index (κ1) is 24.8. The lowest BCUT2D eigenvalue weighted by Gasteiger charge is -2.40. The molecule has 0 bridgehead atoms. The van der Waals surface area contributed by atoms with Crippen LogP contribution in [-0.4, -0.2) is 57.5 Å². The molecule has 7 heteroatoms. The molecule has 162 valence electrons. The number of Topliss-reactive ketones (excluding diaryl/α,β-unsaturated/α-hetero) is 1. The molecule has 0 aliphatic carbocycles. The maximum atomic E-state index is 11.8. The normalized spacial score (nSPS) is 27.9. The molecule has 0 aromatic rings. The van der Waals surface area contributed by atoms with Crippen LogP contribution in [0.2, 0.25) is 0 Å². The predicted octanol–water partition coefficient (Wildman–Crippen LogP) is 1.76. The van der Waals surface area contributed by atoms with Crippen LogP contribution in [0.4, 0.5) is 0 Å². The van der Waals surface area contributed by atoms with Crippen LogP contribution < -0.4 is 5.73 Å². The van der Waals surface area contributed by atoms with Crippen molar-refractivity contribution in [3.05, 3.63) is 12.2 Å². The lowest BCUT2D eigenvalue weighted by atomic mass is 9.85. The number of aliphatic hydroxyl groups excluding tert-OH is 3. The van der Waals surface area contributed by atoms with Crippen molar-refractivity contribution in [2.75, 3.05) is 6.61 Å². The van der Waals surface area contributed by atoms with E-state index in [1.165, 1.54) is 12.8 Å². The first-order valence-corrected chi connectivity index (χ1v) is 10.5. The summed E-state index contributed by atoms with van der Waals surface area (Å²) in [5.74, 6) is -0.566. The van der Waals surface area contributed by atoms with Gasteiger partial charge in [0.25, 0.3) is 0 Å². The molecule has 28 heavy (non-hydrogen) atoms. The van der Waals surface area contributed by atoms with Gasteiger partial charge < -0.3 is 25.8 Å². The Kier molecular flexibility index (Phi) is 11.5. The van der Waals surface area contributed by atoms with Gasteiger partial charge in [0.2, 0.25) is 0 Å². The fraction of sp³-hybridized carbons (Fsp3) is 0.810. The minimum atomic E-state index is -1.99. The molecule has 1 aliphatic rings. The zero-order valence-corrected chi connectivity index (χ0v) is 17.0. The standard InChI is InChI=1S/C21H37NO6/c1-2-3-4-9-12-16(24)13-10-7-5-6-8-11-14-17-18(25)19(26)21(22,15-23)20(27)28-17/h11,14,17-19,23,25-26H,2-10,12-13,15,22H2,1H3/b14-11+. The smallest absolute Gasteiger partial charge is 0.332 e. The summed E-state index contributed by atoms with van der Waals surface area (Å²) in [6.07, 6.45) is 9.89. The molecule has 1 heterocycles. The van der Waals surface area contributed by atoms with Gasteiger partial charge in [-0.3, -0.25) is 4.79 Å². The molecule has 0 amide bonds. The largest absolute Gasteiger partial charge is 0.454 e. The van der Waals surface area contributed by atoms with Crippen molar-refractivity contribution < 1.29 is 29.6 Å². The van der Waals surface area contributed by atoms with Crippen LogP contribution in [0.3, 0.4) is 0 Å². The number of nitrogens with two attached hydrogens (primary N) is 1. The van der Waals surface area contributed by atoms with Gasteiger partial charge in [0.05, 0.1) is 6.61 Å². The molecule has 0 spiro atoms. The maximum absolute atomic E-state index is 11.8. The van der Waals surface area contributed by atoms with E-state index in [0.717, 1.165) is 44.9 Å². The number of esters is 1. The highest BCUT2D eigenvalue weighted by Crippen LogP contribution is 2.24. The molecule has 1 fully saturated rings. The molecule has 5 N–H and O–H groups in total. The van der Waals surface area contributed by atoms with E-state index in [0.29, 0.717) is 18.6 Å². The molecule has 4 unspecified atom stereocenters. The van der Waals surface area contributed by atoms with Crippen molar-refractivity contribution in [1.29, 1.82) is 0 Å². The third kappa shape index (κ3) is 7.62. The second-order valence-electron chi connectivity index (χ2n) is 7.73. The number of ether oxygens (including phenoxy) is 1. The van der Waals surface area contributed by atoms with Crippen LogP contribution >= 0.6 is 0 Å². The van der Waals surface area contributed by atoms with E-state index in [1.807, 2.05) is 0 Å². The number of ketones is 1. The van der Waals surface area contributed by atoms with Crippen molar-refractivity contribution >= 4 is 11.8 Å². The Morgan fingerprint density at radius 2 is 1.71 bits per heavy atom. The molecular weight excluding hydrogens is 362 g/mol. The van der Waals surface area contributed by atoms with Gasteiger partial charge in [-0.05, 0) is 31.8 Å². The molecular formula is C21H37NO6. The van der Waals surface area contributed by atoms with Gasteiger partial charge in [-0.1, -0.05) is 45.1 Å². The summed E-state index contributed by atoms with van der Waals surface area (Å²) in [6.45, 7) is 1.35. The van der Waals surface area contributed by atoms with E-state index in [9.17, 15) is 24.9 Å². The molecule has 0 aromatic heterocycles. The minimum Gasteiger partial charge on any atom is -0.454 e. The van der Waals surface area contributed by atoms with Crippen molar-refractivity contribution in [2.24, 2.45) is 5.73 Å². The number of hydrogen-bond donors (Lipinski definition) is 4. The molecule has 1 rings (SSSR count). The van der Waals surface area contributed by atoms with Gasteiger partial charge >= 0.3 is 5.97 Å². The van der Waals surface area contributed by atoms with Crippen LogP contribution in [0.25, 0.3) is 0 Å². The lowest BCUT2D eigenvalue weighted by molar-refractivity contribution is -0.192. The summed E-state index contributed by atoms with van der Waals surface area (Å²) in [6, 6.07) is 0. The van der Waals surface area contributed by atoms with Crippen molar-refractivity contribution in [2.45, 2.75) is 101 Å². The monoisotopic (exact) mass is 399 g/mol.